The lowest BCUT2D eigenvalue weighted by molar-refractivity contribution is 0.0947. The second kappa shape index (κ2) is 7.25. The van der Waals surface area contributed by atoms with Crippen molar-refractivity contribution < 1.29 is 9.21 Å². The molecule has 0 amide bonds. The first-order valence-corrected chi connectivity index (χ1v) is 8.46. The SMILES string of the molecule is Cc1ccccc1C(=O)n1nc(-c2cccnc2)nc1NCc1ccco1. The Balaban J connectivity index is 1.72. The highest BCUT2D eigenvalue weighted by molar-refractivity contribution is 5.98. The minimum absolute atomic E-state index is 0.252. The van der Waals surface area contributed by atoms with Gasteiger partial charge in [0.15, 0.2) is 5.82 Å². The number of aromatic nitrogens is 4. The number of nitrogens with zero attached hydrogens (tertiary/aromatic N) is 4. The molecule has 0 atom stereocenters. The van der Waals surface area contributed by atoms with Crippen molar-refractivity contribution in [3.8, 4) is 11.4 Å². The summed E-state index contributed by atoms with van der Waals surface area (Å²) in [5, 5.41) is 7.55. The Morgan fingerprint density at radius 2 is 2.04 bits per heavy atom. The van der Waals surface area contributed by atoms with Crippen molar-refractivity contribution in [2.24, 2.45) is 0 Å². The van der Waals surface area contributed by atoms with Crippen LogP contribution in [0.4, 0.5) is 5.95 Å². The van der Waals surface area contributed by atoms with Crippen LogP contribution < -0.4 is 5.32 Å². The van der Waals surface area contributed by atoms with Crippen molar-refractivity contribution in [3.05, 3.63) is 84.1 Å². The third-order valence-electron chi connectivity index (χ3n) is 4.10. The van der Waals surface area contributed by atoms with E-state index in [9.17, 15) is 4.79 Å². The molecular weight excluding hydrogens is 342 g/mol. The van der Waals surface area contributed by atoms with Gasteiger partial charge in [0.2, 0.25) is 5.95 Å². The molecule has 0 bridgehead atoms. The lowest BCUT2D eigenvalue weighted by Crippen LogP contribution is -2.18. The quantitative estimate of drug-likeness (QED) is 0.586. The fourth-order valence-corrected chi connectivity index (χ4v) is 2.69. The predicted molar refractivity (Wildman–Crippen MR) is 100 cm³/mol. The van der Waals surface area contributed by atoms with Gasteiger partial charge in [0.25, 0.3) is 5.91 Å². The molecule has 7 nitrogen and oxygen atoms in total. The first-order chi connectivity index (χ1) is 13.2. The maximum atomic E-state index is 13.1. The number of aryl methyl sites for hydroxylation is 1. The Morgan fingerprint density at radius 1 is 1.15 bits per heavy atom. The van der Waals surface area contributed by atoms with E-state index in [0.29, 0.717) is 23.9 Å². The van der Waals surface area contributed by atoms with Gasteiger partial charge in [-0.2, -0.15) is 9.67 Å². The maximum Gasteiger partial charge on any atom is 0.281 e. The third-order valence-corrected chi connectivity index (χ3v) is 4.10. The van der Waals surface area contributed by atoms with Crippen LogP contribution >= 0.6 is 0 Å². The van der Waals surface area contributed by atoms with E-state index in [1.807, 2.05) is 37.3 Å². The number of nitrogens with one attached hydrogen (secondary N) is 1. The minimum Gasteiger partial charge on any atom is -0.467 e. The molecule has 0 saturated carbocycles. The Morgan fingerprint density at radius 3 is 2.78 bits per heavy atom. The van der Waals surface area contributed by atoms with Crippen molar-refractivity contribution in [3.63, 3.8) is 0 Å². The Hall–Kier alpha value is -3.74. The molecule has 0 aliphatic heterocycles. The lowest BCUT2D eigenvalue weighted by Gasteiger charge is -2.07. The number of furan rings is 1. The summed E-state index contributed by atoms with van der Waals surface area (Å²) in [6.07, 6.45) is 4.94. The summed E-state index contributed by atoms with van der Waals surface area (Å²) in [4.78, 5) is 21.7. The van der Waals surface area contributed by atoms with Crippen LogP contribution in [0.15, 0.2) is 71.6 Å². The molecule has 7 heteroatoms. The number of carbonyl (C=O) groups is 1. The highest BCUT2D eigenvalue weighted by Gasteiger charge is 2.20. The first kappa shape index (κ1) is 16.7. The molecule has 0 spiro atoms. The van der Waals surface area contributed by atoms with Gasteiger partial charge in [-0.3, -0.25) is 9.78 Å². The van der Waals surface area contributed by atoms with E-state index in [2.05, 4.69) is 20.4 Å². The molecule has 0 fully saturated rings. The van der Waals surface area contributed by atoms with Gasteiger partial charge in [-0.25, -0.2) is 0 Å². The van der Waals surface area contributed by atoms with E-state index in [-0.39, 0.29) is 5.91 Å². The monoisotopic (exact) mass is 359 g/mol. The predicted octanol–water partition coefficient (Wildman–Crippen LogP) is 3.54. The number of hydrogen-bond donors (Lipinski definition) is 1. The van der Waals surface area contributed by atoms with E-state index < -0.39 is 0 Å². The Labute approximate surface area is 155 Å². The molecule has 27 heavy (non-hydrogen) atoms. The second-order valence-electron chi connectivity index (χ2n) is 5.97. The maximum absolute atomic E-state index is 13.1. The lowest BCUT2D eigenvalue weighted by atomic mass is 10.1. The molecule has 0 unspecified atom stereocenters. The zero-order valence-corrected chi connectivity index (χ0v) is 14.7. The molecule has 4 aromatic rings. The van der Waals surface area contributed by atoms with Gasteiger partial charge in [-0.1, -0.05) is 18.2 Å². The van der Waals surface area contributed by atoms with Crippen molar-refractivity contribution in [1.82, 2.24) is 19.7 Å². The van der Waals surface area contributed by atoms with Gasteiger partial charge < -0.3 is 9.73 Å². The first-order valence-electron chi connectivity index (χ1n) is 8.46. The number of carbonyl (C=O) groups excluding carboxylic acids is 1. The fourth-order valence-electron chi connectivity index (χ4n) is 2.69. The van der Waals surface area contributed by atoms with Gasteiger partial charge >= 0.3 is 0 Å². The molecule has 3 heterocycles. The van der Waals surface area contributed by atoms with E-state index >= 15 is 0 Å². The zero-order chi connectivity index (χ0) is 18.6. The summed E-state index contributed by atoms with van der Waals surface area (Å²) in [5.41, 5.74) is 2.17. The minimum atomic E-state index is -0.252. The smallest absolute Gasteiger partial charge is 0.281 e. The van der Waals surface area contributed by atoms with Crippen molar-refractivity contribution in [1.29, 1.82) is 0 Å². The van der Waals surface area contributed by atoms with E-state index in [1.165, 1.54) is 4.68 Å². The fraction of sp³-hybridized carbons (Fsp3) is 0.100. The molecule has 0 aliphatic carbocycles. The van der Waals surface area contributed by atoms with Crippen molar-refractivity contribution in [2.45, 2.75) is 13.5 Å². The molecule has 4 rings (SSSR count). The van der Waals surface area contributed by atoms with Crippen LogP contribution in [-0.2, 0) is 6.54 Å². The zero-order valence-electron chi connectivity index (χ0n) is 14.7. The van der Waals surface area contributed by atoms with Crippen LogP contribution in [0.5, 0.6) is 0 Å². The molecular formula is C20H17N5O2. The van der Waals surface area contributed by atoms with Crippen molar-refractivity contribution >= 4 is 11.9 Å². The van der Waals surface area contributed by atoms with Crippen LogP contribution in [0.2, 0.25) is 0 Å². The summed E-state index contributed by atoms with van der Waals surface area (Å²) in [7, 11) is 0. The number of pyridine rings is 1. The summed E-state index contributed by atoms with van der Waals surface area (Å²) in [6.45, 7) is 2.28. The molecule has 0 aliphatic rings. The number of benzene rings is 1. The Bertz CT molecular complexity index is 1060. The van der Waals surface area contributed by atoms with Gasteiger partial charge in [0.05, 0.1) is 12.8 Å². The highest BCUT2D eigenvalue weighted by atomic mass is 16.3. The van der Waals surface area contributed by atoms with E-state index in [0.717, 1.165) is 16.9 Å². The van der Waals surface area contributed by atoms with Crippen LogP contribution in [0.25, 0.3) is 11.4 Å². The number of hydrogen-bond acceptors (Lipinski definition) is 6. The summed E-state index contributed by atoms with van der Waals surface area (Å²) in [5.74, 6) is 1.25. The highest BCUT2D eigenvalue weighted by Crippen LogP contribution is 2.19. The van der Waals surface area contributed by atoms with Gasteiger partial charge in [-0.05, 0) is 42.8 Å². The van der Waals surface area contributed by atoms with Crippen LogP contribution in [-0.4, -0.2) is 25.7 Å². The average Bonchev–Trinajstić information content (AvgIpc) is 3.37. The van der Waals surface area contributed by atoms with Crippen molar-refractivity contribution in [2.75, 3.05) is 5.32 Å². The molecule has 1 aromatic carbocycles. The topological polar surface area (TPSA) is 85.8 Å². The van der Waals surface area contributed by atoms with Crippen LogP contribution in [0.3, 0.4) is 0 Å². The van der Waals surface area contributed by atoms with Gasteiger partial charge in [-0.15, -0.1) is 5.10 Å². The normalized spacial score (nSPS) is 10.7. The largest absolute Gasteiger partial charge is 0.467 e. The summed E-state index contributed by atoms with van der Waals surface area (Å²) >= 11 is 0. The standard InChI is InChI=1S/C20H17N5O2/c1-14-6-2-3-9-17(14)19(26)25-20(22-13-16-8-5-11-27-16)23-18(24-25)15-7-4-10-21-12-15/h2-12H,13H2,1H3,(H,22,23,24). The molecule has 0 radical (unpaired) electrons. The van der Waals surface area contributed by atoms with Crippen LogP contribution in [0.1, 0.15) is 21.7 Å². The second-order valence-corrected chi connectivity index (χ2v) is 5.97. The number of anilines is 1. The van der Waals surface area contributed by atoms with Crippen LogP contribution in [0, 0.1) is 6.92 Å². The van der Waals surface area contributed by atoms with E-state index in [1.54, 1.807) is 36.9 Å². The molecule has 0 saturated heterocycles. The summed E-state index contributed by atoms with van der Waals surface area (Å²) in [6, 6.07) is 14.7. The molecule has 3 aromatic heterocycles. The third kappa shape index (κ3) is 3.48. The molecule has 134 valence electrons. The van der Waals surface area contributed by atoms with Gasteiger partial charge in [0.1, 0.15) is 5.76 Å². The Kier molecular flexibility index (Phi) is 4.49. The summed E-state index contributed by atoms with van der Waals surface area (Å²) < 4.78 is 6.62. The molecule has 1 N–H and O–H groups in total. The number of rotatable bonds is 5. The van der Waals surface area contributed by atoms with E-state index in [4.69, 9.17) is 4.42 Å². The average molecular weight is 359 g/mol. The van der Waals surface area contributed by atoms with Gasteiger partial charge in [0, 0.05) is 23.5 Å².